The lowest BCUT2D eigenvalue weighted by Gasteiger charge is -2.34. The van der Waals surface area contributed by atoms with E-state index in [9.17, 15) is 4.79 Å². The van der Waals surface area contributed by atoms with Gasteiger partial charge >= 0.3 is 0 Å². The van der Waals surface area contributed by atoms with Gasteiger partial charge in [0.1, 0.15) is 0 Å². The van der Waals surface area contributed by atoms with E-state index in [0.717, 1.165) is 23.7 Å². The summed E-state index contributed by atoms with van der Waals surface area (Å²) in [6.07, 6.45) is 2.10. The summed E-state index contributed by atoms with van der Waals surface area (Å²) in [6, 6.07) is 7.81. The fourth-order valence-corrected chi connectivity index (χ4v) is 2.92. The SMILES string of the molecule is CC1CC(n2c(=S)[nH]c3ccccc3c2=O)C1. The van der Waals surface area contributed by atoms with Crippen LogP contribution in [0.1, 0.15) is 25.8 Å². The highest BCUT2D eigenvalue weighted by Crippen LogP contribution is 2.36. The number of para-hydroxylation sites is 1. The normalized spacial score (nSPS) is 23.6. The largest absolute Gasteiger partial charge is 0.332 e. The van der Waals surface area contributed by atoms with E-state index in [1.807, 2.05) is 24.3 Å². The zero-order valence-electron chi connectivity index (χ0n) is 9.64. The van der Waals surface area contributed by atoms with Gasteiger partial charge in [0, 0.05) is 6.04 Å². The van der Waals surface area contributed by atoms with E-state index in [1.165, 1.54) is 0 Å². The number of fused-ring (bicyclic) bond motifs is 1. The van der Waals surface area contributed by atoms with Crippen molar-refractivity contribution >= 4 is 23.1 Å². The Balaban J connectivity index is 2.25. The maximum atomic E-state index is 12.4. The number of rotatable bonds is 1. The third-order valence-electron chi connectivity index (χ3n) is 3.55. The molecule has 1 fully saturated rings. The van der Waals surface area contributed by atoms with Crippen LogP contribution in [0.4, 0.5) is 0 Å². The Kier molecular flexibility index (Phi) is 2.40. The first-order valence-corrected chi connectivity index (χ1v) is 6.31. The molecule has 1 aromatic heterocycles. The standard InChI is InChI=1S/C13H14N2OS/c1-8-6-9(7-8)15-12(16)10-4-2-3-5-11(10)14-13(15)17/h2-5,8-9H,6-7H2,1H3,(H,14,17). The molecule has 1 saturated carbocycles. The van der Waals surface area contributed by atoms with Crippen LogP contribution >= 0.6 is 12.2 Å². The molecule has 1 aliphatic carbocycles. The summed E-state index contributed by atoms with van der Waals surface area (Å²) in [6.45, 7) is 2.20. The second-order valence-electron chi connectivity index (χ2n) is 4.88. The second kappa shape index (κ2) is 3.81. The van der Waals surface area contributed by atoms with Gasteiger partial charge in [0.25, 0.3) is 5.56 Å². The van der Waals surface area contributed by atoms with Gasteiger partial charge in [-0.05, 0) is 43.1 Å². The van der Waals surface area contributed by atoms with Crippen LogP contribution in [0.2, 0.25) is 0 Å². The number of nitrogens with zero attached hydrogens (tertiary/aromatic N) is 1. The molecule has 1 aromatic carbocycles. The highest BCUT2D eigenvalue weighted by atomic mass is 32.1. The Morgan fingerprint density at radius 2 is 2.06 bits per heavy atom. The Morgan fingerprint density at radius 1 is 1.35 bits per heavy atom. The topological polar surface area (TPSA) is 37.8 Å². The predicted molar refractivity (Wildman–Crippen MR) is 70.8 cm³/mol. The second-order valence-corrected chi connectivity index (χ2v) is 5.27. The number of aromatic amines is 1. The molecule has 2 aromatic rings. The molecule has 0 bridgehead atoms. The smallest absolute Gasteiger partial charge is 0.262 e. The number of hydrogen-bond donors (Lipinski definition) is 1. The van der Waals surface area contributed by atoms with Crippen molar-refractivity contribution in [2.45, 2.75) is 25.8 Å². The minimum Gasteiger partial charge on any atom is -0.332 e. The zero-order valence-corrected chi connectivity index (χ0v) is 10.5. The van der Waals surface area contributed by atoms with Crippen molar-refractivity contribution < 1.29 is 0 Å². The first-order chi connectivity index (χ1) is 8.16. The molecular formula is C13H14N2OS. The van der Waals surface area contributed by atoms with E-state index in [0.29, 0.717) is 10.7 Å². The third kappa shape index (κ3) is 1.63. The molecule has 0 saturated heterocycles. The minimum atomic E-state index is 0.0428. The molecule has 17 heavy (non-hydrogen) atoms. The molecule has 1 aliphatic rings. The average molecular weight is 246 g/mol. The van der Waals surface area contributed by atoms with Gasteiger partial charge in [-0.1, -0.05) is 19.1 Å². The summed E-state index contributed by atoms with van der Waals surface area (Å²) in [4.78, 5) is 15.5. The van der Waals surface area contributed by atoms with Crippen LogP contribution in [0.5, 0.6) is 0 Å². The van der Waals surface area contributed by atoms with E-state index in [-0.39, 0.29) is 11.6 Å². The lowest BCUT2D eigenvalue weighted by molar-refractivity contribution is 0.209. The van der Waals surface area contributed by atoms with E-state index < -0.39 is 0 Å². The van der Waals surface area contributed by atoms with Crippen LogP contribution in [0.15, 0.2) is 29.1 Å². The van der Waals surface area contributed by atoms with E-state index in [1.54, 1.807) is 4.57 Å². The number of benzene rings is 1. The molecule has 3 rings (SSSR count). The van der Waals surface area contributed by atoms with Crippen LogP contribution in [0.25, 0.3) is 10.9 Å². The first-order valence-electron chi connectivity index (χ1n) is 5.90. The lowest BCUT2D eigenvalue weighted by atomic mass is 9.82. The predicted octanol–water partition coefficient (Wildman–Crippen LogP) is 3.03. The van der Waals surface area contributed by atoms with Gasteiger partial charge in [-0.3, -0.25) is 9.36 Å². The molecule has 1 heterocycles. The molecule has 0 amide bonds. The minimum absolute atomic E-state index is 0.0428. The van der Waals surface area contributed by atoms with E-state index in [2.05, 4.69) is 11.9 Å². The summed E-state index contributed by atoms with van der Waals surface area (Å²) < 4.78 is 2.29. The van der Waals surface area contributed by atoms with Crippen LogP contribution in [0.3, 0.4) is 0 Å². The maximum absolute atomic E-state index is 12.4. The van der Waals surface area contributed by atoms with Gasteiger partial charge in [0.15, 0.2) is 4.77 Å². The van der Waals surface area contributed by atoms with Crippen LogP contribution < -0.4 is 5.56 Å². The Bertz CT molecular complexity index is 680. The van der Waals surface area contributed by atoms with E-state index in [4.69, 9.17) is 12.2 Å². The number of hydrogen-bond acceptors (Lipinski definition) is 2. The monoisotopic (exact) mass is 246 g/mol. The van der Waals surface area contributed by atoms with Crippen molar-refractivity contribution in [3.63, 3.8) is 0 Å². The molecule has 0 atom stereocenters. The molecular weight excluding hydrogens is 232 g/mol. The van der Waals surface area contributed by atoms with Crippen molar-refractivity contribution in [2.24, 2.45) is 5.92 Å². The zero-order chi connectivity index (χ0) is 12.0. The van der Waals surface area contributed by atoms with Gasteiger partial charge < -0.3 is 4.98 Å². The lowest BCUT2D eigenvalue weighted by Crippen LogP contribution is -2.34. The molecule has 0 aliphatic heterocycles. The van der Waals surface area contributed by atoms with Crippen molar-refractivity contribution in [3.8, 4) is 0 Å². The highest BCUT2D eigenvalue weighted by molar-refractivity contribution is 7.71. The number of H-pyrrole nitrogens is 1. The molecule has 3 nitrogen and oxygen atoms in total. The van der Waals surface area contributed by atoms with Gasteiger partial charge in [-0.2, -0.15) is 0 Å². The summed E-state index contributed by atoms with van der Waals surface area (Å²) in [5.74, 6) is 0.702. The van der Waals surface area contributed by atoms with E-state index >= 15 is 0 Å². The Hall–Kier alpha value is -1.42. The molecule has 0 radical (unpaired) electrons. The molecule has 88 valence electrons. The van der Waals surface area contributed by atoms with Crippen molar-refractivity contribution in [3.05, 3.63) is 39.4 Å². The van der Waals surface area contributed by atoms with Crippen molar-refractivity contribution in [1.82, 2.24) is 9.55 Å². The quantitative estimate of drug-likeness (QED) is 0.785. The van der Waals surface area contributed by atoms with Crippen LogP contribution in [0, 0.1) is 10.7 Å². The summed E-state index contributed by atoms with van der Waals surface area (Å²) in [7, 11) is 0. The summed E-state index contributed by atoms with van der Waals surface area (Å²) >= 11 is 5.29. The maximum Gasteiger partial charge on any atom is 0.262 e. The van der Waals surface area contributed by atoms with Gasteiger partial charge in [0.05, 0.1) is 10.9 Å². The fourth-order valence-electron chi connectivity index (χ4n) is 2.58. The van der Waals surface area contributed by atoms with Gasteiger partial charge in [-0.15, -0.1) is 0 Å². The first kappa shape index (κ1) is 10.7. The van der Waals surface area contributed by atoms with Crippen LogP contribution in [-0.2, 0) is 0 Å². The molecule has 4 heteroatoms. The van der Waals surface area contributed by atoms with Crippen molar-refractivity contribution in [1.29, 1.82) is 0 Å². The fraction of sp³-hybridized carbons (Fsp3) is 0.385. The average Bonchev–Trinajstić information content (AvgIpc) is 2.26. The Morgan fingerprint density at radius 3 is 2.76 bits per heavy atom. The summed E-state index contributed by atoms with van der Waals surface area (Å²) in [5, 5.41) is 0.723. The molecule has 0 unspecified atom stereocenters. The summed E-state index contributed by atoms with van der Waals surface area (Å²) in [5.41, 5.74) is 0.868. The third-order valence-corrected chi connectivity index (χ3v) is 3.85. The highest BCUT2D eigenvalue weighted by Gasteiger charge is 2.28. The number of nitrogens with one attached hydrogen (secondary N) is 1. The number of aromatic nitrogens is 2. The molecule has 0 spiro atoms. The molecule has 1 N–H and O–H groups in total. The van der Waals surface area contributed by atoms with Gasteiger partial charge in [-0.25, -0.2) is 0 Å². The Labute approximate surface area is 104 Å². The van der Waals surface area contributed by atoms with Crippen LogP contribution in [-0.4, -0.2) is 9.55 Å². The van der Waals surface area contributed by atoms with Crippen molar-refractivity contribution in [2.75, 3.05) is 0 Å². The van der Waals surface area contributed by atoms with Gasteiger partial charge in [0.2, 0.25) is 0 Å².